The van der Waals surface area contributed by atoms with Crippen molar-refractivity contribution >= 4 is 21.9 Å². The Balaban J connectivity index is 2.45. The molecule has 122 valence electrons. The molecule has 0 aromatic heterocycles. The molecule has 0 aliphatic carbocycles. The Kier molecular flexibility index (Phi) is 7.02. The van der Waals surface area contributed by atoms with Gasteiger partial charge in [0, 0.05) is 32.5 Å². The Bertz CT molecular complexity index is 459. The van der Waals surface area contributed by atoms with E-state index in [0.29, 0.717) is 13.2 Å². The van der Waals surface area contributed by atoms with Gasteiger partial charge in [0.1, 0.15) is 6.04 Å². The van der Waals surface area contributed by atoms with Crippen molar-refractivity contribution < 1.29 is 33.0 Å². The second-order valence-electron chi connectivity index (χ2n) is 4.55. The third-order valence-electron chi connectivity index (χ3n) is 3.00. The zero-order valence-electron chi connectivity index (χ0n) is 11.5. The monoisotopic (exact) mass is 324 g/mol. The summed E-state index contributed by atoms with van der Waals surface area (Å²) in [6.07, 6.45) is -0.452. The standard InChI is InChI=1S/C11H20N2O7S/c14-5-1-9(11(16)17)12-10(15)2-8-21(18,19)13-3-6-20-7-4-13/h9,14H,1-8H2,(H,12,15)(H,16,17). The Morgan fingerprint density at radius 3 is 2.43 bits per heavy atom. The van der Waals surface area contributed by atoms with E-state index in [1.54, 1.807) is 0 Å². The maximum atomic E-state index is 12.0. The molecule has 1 heterocycles. The highest BCUT2D eigenvalue weighted by atomic mass is 32.2. The molecule has 1 amide bonds. The summed E-state index contributed by atoms with van der Waals surface area (Å²) < 4.78 is 30.2. The van der Waals surface area contributed by atoms with Crippen molar-refractivity contribution in [3.8, 4) is 0 Å². The molecular formula is C11H20N2O7S. The molecule has 0 bridgehead atoms. The van der Waals surface area contributed by atoms with Crippen LogP contribution in [0.5, 0.6) is 0 Å². The van der Waals surface area contributed by atoms with E-state index >= 15 is 0 Å². The normalized spacial score (nSPS) is 18.1. The largest absolute Gasteiger partial charge is 0.480 e. The quantitative estimate of drug-likeness (QED) is 0.470. The van der Waals surface area contributed by atoms with Gasteiger partial charge in [0.25, 0.3) is 0 Å². The van der Waals surface area contributed by atoms with E-state index in [-0.39, 0.29) is 38.3 Å². The van der Waals surface area contributed by atoms with E-state index in [9.17, 15) is 18.0 Å². The summed E-state index contributed by atoms with van der Waals surface area (Å²) in [6, 6.07) is -1.21. The van der Waals surface area contributed by atoms with Crippen molar-refractivity contribution in [3.05, 3.63) is 0 Å². The fourth-order valence-corrected chi connectivity index (χ4v) is 3.24. The first kappa shape index (κ1) is 17.8. The summed E-state index contributed by atoms with van der Waals surface area (Å²) in [5.74, 6) is -2.33. The lowest BCUT2D eigenvalue weighted by molar-refractivity contribution is -0.142. The van der Waals surface area contributed by atoms with Crippen molar-refractivity contribution in [1.82, 2.24) is 9.62 Å². The summed E-state index contributed by atoms with van der Waals surface area (Å²) in [4.78, 5) is 22.4. The minimum absolute atomic E-state index is 0.128. The van der Waals surface area contributed by atoms with E-state index in [1.807, 2.05) is 0 Å². The number of carbonyl (C=O) groups excluding carboxylic acids is 1. The number of morpholine rings is 1. The number of nitrogens with one attached hydrogen (secondary N) is 1. The van der Waals surface area contributed by atoms with E-state index in [2.05, 4.69) is 5.32 Å². The molecule has 1 aliphatic heterocycles. The van der Waals surface area contributed by atoms with Crippen LogP contribution in [0.3, 0.4) is 0 Å². The van der Waals surface area contributed by atoms with Gasteiger partial charge in [-0.3, -0.25) is 4.79 Å². The fraction of sp³-hybridized carbons (Fsp3) is 0.818. The van der Waals surface area contributed by atoms with Crippen molar-refractivity contribution in [3.63, 3.8) is 0 Å². The molecule has 1 rings (SSSR count). The number of carboxylic acids is 1. The lowest BCUT2D eigenvalue weighted by Crippen LogP contribution is -2.44. The van der Waals surface area contributed by atoms with Gasteiger partial charge in [-0.15, -0.1) is 0 Å². The molecule has 0 aromatic rings. The molecule has 0 saturated carbocycles. The fourth-order valence-electron chi connectivity index (χ4n) is 1.83. The SMILES string of the molecule is O=C(CCS(=O)(=O)N1CCOCC1)NC(CCO)C(=O)O. The van der Waals surface area contributed by atoms with E-state index < -0.39 is 27.9 Å². The predicted molar refractivity (Wildman–Crippen MR) is 72.1 cm³/mol. The lowest BCUT2D eigenvalue weighted by atomic mass is 10.2. The minimum atomic E-state index is -3.55. The van der Waals surface area contributed by atoms with Gasteiger partial charge in [-0.1, -0.05) is 0 Å². The summed E-state index contributed by atoms with van der Waals surface area (Å²) in [5, 5.41) is 19.7. The highest BCUT2D eigenvalue weighted by Gasteiger charge is 2.26. The average molecular weight is 324 g/mol. The molecule has 1 fully saturated rings. The molecule has 1 saturated heterocycles. The van der Waals surface area contributed by atoms with Gasteiger partial charge in [0.05, 0.1) is 19.0 Å². The van der Waals surface area contributed by atoms with Gasteiger partial charge < -0.3 is 20.3 Å². The number of hydrogen-bond donors (Lipinski definition) is 3. The molecule has 3 N–H and O–H groups in total. The van der Waals surface area contributed by atoms with Crippen LogP contribution in [-0.2, 0) is 24.3 Å². The van der Waals surface area contributed by atoms with E-state index in [0.717, 1.165) is 0 Å². The summed E-state index contributed by atoms with van der Waals surface area (Å²) in [5.41, 5.74) is 0. The Morgan fingerprint density at radius 1 is 1.29 bits per heavy atom. The van der Waals surface area contributed by atoms with Crippen LogP contribution in [0.15, 0.2) is 0 Å². The van der Waals surface area contributed by atoms with Crippen LogP contribution >= 0.6 is 0 Å². The molecule has 0 spiro atoms. The van der Waals surface area contributed by atoms with Crippen LogP contribution < -0.4 is 5.32 Å². The summed E-state index contributed by atoms with van der Waals surface area (Å²) in [6.45, 7) is 0.772. The molecule has 1 atom stereocenters. The Morgan fingerprint density at radius 2 is 1.90 bits per heavy atom. The van der Waals surface area contributed by atoms with Crippen molar-refractivity contribution in [1.29, 1.82) is 0 Å². The predicted octanol–water partition coefficient (Wildman–Crippen LogP) is -2.01. The van der Waals surface area contributed by atoms with Gasteiger partial charge in [0.15, 0.2) is 0 Å². The summed E-state index contributed by atoms with van der Waals surface area (Å²) in [7, 11) is -3.55. The first-order valence-electron chi connectivity index (χ1n) is 6.55. The smallest absolute Gasteiger partial charge is 0.326 e. The number of ether oxygens (including phenoxy) is 1. The van der Waals surface area contributed by atoms with Crippen molar-refractivity contribution in [2.45, 2.75) is 18.9 Å². The van der Waals surface area contributed by atoms with Gasteiger partial charge in [0.2, 0.25) is 15.9 Å². The second-order valence-corrected chi connectivity index (χ2v) is 6.64. The number of rotatable bonds is 8. The zero-order chi connectivity index (χ0) is 15.9. The highest BCUT2D eigenvalue weighted by molar-refractivity contribution is 7.89. The third-order valence-corrected chi connectivity index (χ3v) is 4.87. The van der Waals surface area contributed by atoms with Crippen LogP contribution in [0, 0.1) is 0 Å². The summed E-state index contributed by atoms with van der Waals surface area (Å²) >= 11 is 0. The van der Waals surface area contributed by atoms with E-state index in [1.165, 1.54) is 4.31 Å². The van der Waals surface area contributed by atoms with E-state index in [4.69, 9.17) is 14.9 Å². The second kappa shape index (κ2) is 8.27. The van der Waals surface area contributed by atoms with Crippen LogP contribution in [0.1, 0.15) is 12.8 Å². The molecular weight excluding hydrogens is 304 g/mol. The van der Waals surface area contributed by atoms with Crippen LogP contribution in [-0.4, -0.2) is 79.5 Å². The highest BCUT2D eigenvalue weighted by Crippen LogP contribution is 2.07. The van der Waals surface area contributed by atoms with Gasteiger partial charge in [-0.05, 0) is 0 Å². The Labute approximate surface area is 122 Å². The number of carbonyl (C=O) groups is 2. The van der Waals surface area contributed by atoms with Gasteiger partial charge >= 0.3 is 5.97 Å². The molecule has 1 unspecified atom stereocenters. The number of aliphatic hydroxyl groups is 1. The van der Waals surface area contributed by atoms with Crippen LogP contribution in [0.25, 0.3) is 0 Å². The first-order chi connectivity index (χ1) is 9.86. The number of amides is 1. The number of hydrogen-bond acceptors (Lipinski definition) is 6. The minimum Gasteiger partial charge on any atom is -0.480 e. The maximum absolute atomic E-state index is 12.0. The number of aliphatic hydroxyl groups excluding tert-OH is 1. The number of carboxylic acid groups (broad SMARTS) is 1. The molecule has 1 aliphatic rings. The van der Waals surface area contributed by atoms with Crippen molar-refractivity contribution in [2.24, 2.45) is 0 Å². The molecule has 10 heteroatoms. The first-order valence-corrected chi connectivity index (χ1v) is 8.16. The average Bonchev–Trinajstić information content (AvgIpc) is 2.45. The molecule has 9 nitrogen and oxygen atoms in total. The third kappa shape index (κ3) is 5.96. The van der Waals surface area contributed by atoms with Crippen LogP contribution in [0.2, 0.25) is 0 Å². The molecule has 21 heavy (non-hydrogen) atoms. The lowest BCUT2D eigenvalue weighted by Gasteiger charge is -2.26. The van der Waals surface area contributed by atoms with Gasteiger partial charge in [-0.2, -0.15) is 4.31 Å². The van der Waals surface area contributed by atoms with Crippen LogP contribution in [0.4, 0.5) is 0 Å². The molecule has 0 aromatic carbocycles. The number of aliphatic carboxylic acids is 1. The maximum Gasteiger partial charge on any atom is 0.326 e. The Hall–Kier alpha value is -1.23. The zero-order valence-corrected chi connectivity index (χ0v) is 12.3. The number of nitrogens with zero attached hydrogens (tertiary/aromatic N) is 1. The van der Waals surface area contributed by atoms with Crippen molar-refractivity contribution in [2.75, 3.05) is 38.7 Å². The molecule has 0 radical (unpaired) electrons. The number of sulfonamides is 1. The topological polar surface area (TPSA) is 133 Å². The van der Waals surface area contributed by atoms with Gasteiger partial charge in [-0.25, -0.2) is 13.2 Å².